The summed E-state index contributed by atoms with van der Waals surface area (Å²) in [6, 6.07) is 0. The molecule has 4 atom stereocenters. The Labute approximate surface area is 139 Å². The number of hydrogen-bond donors (Lipinski definition) is 5. The predicted molar refractivity (Wildman–Crippen MR) is 81.3 cm³/mol. The first-order chi connectivity index (χ1) is 11.7. The number of phosphoric acid groups is 1. The van der Waals surface area contributed by atoms with Crippen molar-refractivity contribution in [3.63, 3.8) is 0 Å². The lowest BCUT2D eigenvalue weighted by molar-refractivity contribution is -0.0578. The number of nitrogens with zero attached hydrogens (tertiary/aromatic N) is 3. The molecule has 2 aromatic rings. The fourth-order valence-electron chi connectivity index (χ4n) is 2.63. The zero-order valence-electron chi connectivity index (χ0n) is 12.8. The summed E-state index contributed by atoms with van der Waals surface area (Å²) in [6.07, 6.45) is -2.96. The van der Waals surface area contributed by atoms with Crippen molar-refractivity contribution in [2.45, 2.75) is 24.5 Å². The van der Waals surface area contributed by atoms with Gasteiger partial charge in [-0.3, -0.25) is 18.9 Å². The van der Waals surface area contributed by atoms with Crippen molar-refractivity contribution in [3.05, 3.63) is 16.7 Å². The third-order valence-electron chi connectivity index (χ3n) is 3.72. The summed E-state index contributed by atoms with van der Waals surface area (Å²) in [4.78, 5) is 39.6. The third-order valence-corrected chi connectivity index (χ3v) is 4.20. The van der Waals surface area contributed by atoms with Crippen molar-refractivity contribution in [3.8, 4) is 0 Å². The van der Waals surface area contributed by atoms with Gasteiger partial charge in [0.15, 0.2) is 17.4 Å². The highest BCUT2D eigenvalue weighted by atomic mass is 31.2. The van der Waals surface area contributed by atoms with E-state index in [0.29, 0.717) is 0 Å². The molecule has 0 aromatic carbocycles. The monoisotopic (exact) mass is 377 g/mol. The van der Waals surface area contributed by atoms with Crippen molar-refractivity contribution in [2.75, 3.05) is 19.5 Å². The predicted octanol–water partition coefficient (Wildman–Crippen LogP) is -1.92. The first-order valence-electron chi connectivity index (χ1n) is 7.00. The molecule has 0 aliphatic carbocycles. The first-order valence-corrected chi connectivity index (χ1v) is 8.53. The van der Waals surface area contributed by atoms with Crippen LogP contribution in [0.15, 0.2) is 11.1 Å². The third kappa shape index (κ3) is 3.43. The van der Waals surface area contributed by atoms with Gasteiger partial charge in [0.25, 0.3) is 5.56 Å². The van der Waals surface area contributed by atoms with Gasteiger partial charge in [-0.2, -0.15) is 4.98 Å². The van der Waals surface area contributed by atoms with Gasteiger partial charge in [-0.05, 0) is 0 Å². The molecule has 14 heteroatoms. The van der Waals surface area contributed by atoms with Crippen molar-refractivity contribution >= 4 is 24.9 Å². The number of imidazole rings is 1. The van der Waals surface area contributed by atoms with Crippen LogP contribution in [0.3, 0.4) is 0 Å². The molecular formula is C11H16N5O8P. The lowest BCUT2D eigenvalue weighted by Gasteiger charge is -2.19. The van der Waals surface area contributed by atoms with E-state index in [9.17, 15) is 14.5 Å². The van der Waals surface area contributed by atoms with Crippen molar-refractivity contribution in [1.82, 2.24) is 19.5 Å². The van der Waals surface area contributed by atoms with Gasteiger partial charge in [-0.15, -0.1) is 0 Å². The van der Waals surface area contributed by atoms with E-state index >= 15 is 0 Å². The Bertz CT molecular complexity index is 877. The van der Waals surface area contributed by atoms with Crippen LogP contribution in [-0.2, 0) is 18.6 Å². The Morgan fingerprint density at radius 3 is 2.88 bits per heavy atom. The highest BCUT2D eigenvalue weighted by molar-refractivity contribution is 7.46. The van der Waals surface area contributed by atoms with E-state index in [-0.39, 0.29) is 17.1 Å². The summed E-state index contributed by atoms with van der Waals surface area (Å²) in [5.41, 5.74) is 5.11. The molecule has 1 aliphatic heterocycles. The van der Waals surface area contributed by atoms with Crippen LogP contribution in [0.1, 0.15) is 6.23 Å². The van der Waals surface area contributed by atoms with Gasteiger partial charge in [-0.25, -0.2) is 9.55 Å². The molecule has 3 heterocycles. The minimum atomic E-state index is -4.73. The molecule has 3 rings (SSSR count). The van der Waals surface area contributed by atoms with E-state index in [1.165, 1.54) is 18.0 Å². The molecule has 0 spiro atoms. The SMILES string of the molecule is CO[C@H]1C(O)[C@@H](COP(=O)(O)O)O[C@H]1n1cnc2c(=O)[nH]c(N)nc21. The lowest BCUT2D eigenvalue weighted by Crippen LogP contribution is -2.35. The Hall–Kier alpha value is -1.86. The average Bonchev–Trinajstić information content (AvgIpc) is 3.05. The van der Waals surface area contributed by atoms with Crippen molar-refractivity contribution in [2.24, 2.45) is 0 Å². The van der Waals surface area contributed by atoms with E-state index in [2.05, 4.69) is 19.5 Å². The van der Waals surface area contributed by atoms with Gasteiger partial charge >= 0.3 is 7.82 Å². The number of H-pyrrole nitrogens is 1. The number of ether oxygens (including phenoxy) is 2. The normalized spacial score (nSPS) is 27.2. The second-order valence-electron chi connectivity index (χ2n) is 5.32. The molecule has 1 aliphatic rings. The van der Waals surface area contributed by atoms with Crippen molar-refractivity contribution in [1.29, 1.82) is 0 Å². The van der Waals surface area contributed by atoms with Gasteiger partial charge in [0.1, 0.15) is 18.3 Å². The van der Waals surface area contributed by atoms with E-state index in [1.54, 1.807) is 0 Å². The van der Waals surface area contributed by atoms with Crippen LogP contribution in [-0.4, -0.2) is 66.4 Å². The number of anilines is 1. The number of aliphatic hydroxyl groups excluding tert-OH is 1. The first kappa shape index (κ1) is 17.9. The number of aromatic amines is 1. The molecule has 138 valence electrons. The summed E-state index contributed by atoms with van der Waals surface area (Å²) >= 11 is 0. The number of nitrogens with one attached hydrogen (secondary N) is 1. The molecule has 6 N–H and O–H groups in total. The highest BCUT2D eigenvalue weighted by Gasteiger charge is 2.46. The number of aromatic nitrogens is 4. The zero-order valence-corrected chi connectivity index (χ0v) is 13.7. The maximum atomic E-state index is 11.8. The smallest absolute Gasteiger partial charge is 0.387 e. The number of hydrogen-bond acceptors (Lipinski definition) is 9. The number of methoxy groups -OCH3 is 1. The molecule has 0 amide bonds. The summed E-state index contributed by atoms with van der Waals surface area (Å²) in [5, 5.41) is 10.3. The highest BCUT2D eigenvalue weighted by Crippen LogP contribution is 2.39. The lowest BCUT2D eigenvalue weighted by atomic mass is 10.1. The molecule has 1 saturated heterocycles. The summed E-state index contributed by atoms with van der Waals surface area (Å²) in [7, 11) is -3.41. The van der Waals surface area contributed by atoms with Crippen LogP contribution in [0, 0.1) is 0 Å². The largest absolute Gasteiger partial charge is 0.469 e. The number of phosphoric ester groups is 1. The minimum Gasteiger partial charge on any atom is -0.387 e. The topological polar surface area (TPSA) is 195 Å². The number of nitrogens with two attached hydrogens (primary N) is 1. The van der Waals surface area contributed by atoms with Crippen LogP contribution in [0.2, 0.25) is 0 Å². The van der Waals surface area contributed by atoms with Crippen LogP contribution in [0.25, 0.3) is 11.2 Å². The molecule has 2 aromatic heterocycles. The Kier molecular flexibility index (Phi) is 4.64. The molecule has 0 bridgehead atoms. The van der Waals surface area contributed by atoms with E-state index in [1.807, 2.05) is 0 Å². The van der Waals surface area contributed by atoms with E-state index in [4.69, 9.17) is 25.0 Å². The summed E-state index contributed by atoms with van der Waals surface area (Å²) in [5.74, 6) is -0.131. The van der Waals surface area contributed by atoms with Crippen LogP contribution < -0.4 is 11.3 Å². The van der Waals surface area contributed by atoms with Crippen molar-refractivity contribution < 1.29 is 33.5 Å². The van der Waals surface area contributed by atoms with Crippen LogP contribution in [0.5, 0.6) is 0 Å². The van der Waals surface area contributed by atoms with Gasteiger partial charge in [-0.1, -0.05) is 0 Å². The van der Waals surface area contributed by atoms with E-state index < -0.39 is 44.5 Å². The number of fused-ring (bicyclic) bond motifs is 1. The van der Waals surface area contributed by atoms with Gasteiger partial charge in [0.2, 0.25) is 5.95 Å². The molecular weight excluding hydrogens is 361 g/mol. The maximum absolute atomic E-state index is 11.8. The fraction of sp³-hybridized carbons (Fsp3) is 0.545. The molecule has 13 nitrogen and oxygen atoms in total. The van der Waals surface area contributed by atoms with Gasteiger partial charge in [0.05, 0.1) is 12.9 Å². The second-order valence-corrected chi connectivity index (χ2v) is 6.56. The number of rotatable bonds is 5. The fourth-order valence-corrected chi connectivity index (χ4v) is 2.98. The molecule has 0 saturated carbocycles. The summed E-state index contributed by atoms with van der Waals surface area (Å²) in [6.45, 7) is -0.565. The quantitative estimate of drug-likeness (QED) is 0.364. The average molecular weight is 377 g/mol. The zero-order chi connectivity index (χ0) is 18.4. The number of nitrogen functional groups attached to an aromatic ring is 1. The molecule has 25 heavy (non-hydrogen) atoms. The minimum absolute atomic E-state index is 0.0112. The Morgan fingerprint density at radius 2 is 2.24 bits per heavy atom. The summed E-state index contributed by atoms with van der Waals surface area (Å²) < 4.78 is 27.4. The maximum Gasteiger partial charge on any atom is 0.469 e. The molecule has 1 fully saturated rings. The Balaban J connectivity index is 1.94. The standard InChI is InChI=1S/C11H16N5O8P/c1-22-7-6(17)4(2-23-25(19,20)21)24-10(7)16-3-13-5-8(16)14-11(12)15-9(5)18/h3-4,6-7,10,17H,2H2,1H3,(H2,19,20,21)(H3,12,14,15,18)/t4-,6?,7+,10-/m1/s1. The Morgan fingerprint density at radius 1 is 1.52 bits per heavy atom. The van der Waals surface area contributed by atoms with Crippen LogP contribution >= 0.6 is 7.82 Å². The second kappa shape index (κ2) is 6.46. The van der Waals surface area contributed by atoms with Crippen LogP contribution in [0.4, 0.5) is 5.95 Å². The number of aliphatic hydroxyl groups is 1. The molecule has 1 unspecified atom stereocenters. The van der Waals surface area contributed by atoms with E-state index in [0.717, 1.165) is 0 Å². The van der Waals surface area contributed by atoms with Gasteiger partial charge in [0, 0.05) is 7.11 Å². The van der Waals surface area contributed by atoms with Gasteiger partial charge < -0.3 is 30.1 Å². The molecule has 0 radical (unpaired) electrons.